The summed E-state index contributed by atoms with van der Waals surface area (Å²) in [7, 11) is 0. The molecule has 2 saturated heterocycles. The van der Waals surface area contributed by atoms with Gasteiger partial charge < -0.3 is 24.4 Å². The zero-order chi connectivity index (χ0) is 23.7. The molecule has 0 amide bonds. The fourth-order valence-electron chi connectivity index (χ4n) is 5.27. The van der Waals surface area contributed by atoms with Gasteiger partial charge in [0.2, 0.25) is 5.88 Å². The van der Waals surface area contributed by atoms with E-state index in [9.17, 15) is 0 Å². The van der Waals surface area contributed by atoms with Gasteiger partial charge in [-0.25, -0.2) is 4.39 Å². The molecule has 0 aliphatic carbocycles. The van der Waals surface area contributed by atoms with Gasteiger partial charge in [-0.15, -0.1) is 0 Å². The molecule has 1 aromatic carbocycles. The van der Waals surface area contributed by atoms with Gasteiger partial charge >= 0.3 is 0 Å². The minimum atomic E-state index is -0.287. The van der Waals surface area contributed by atoms with Gasteiger partial charge in [-0.1, -0.05) is 18.2 Å². The SMILES string of the molecule is CC(C)Oc1ccccc1[C@@H]1CN([C@@H]2CCOc3nc(N4CCOC[C@@H]4C)c(F)cc32)CCN1. The maximum atomic E-state index is 15.3. The summed E-state index contributed by atoms with van der Waals surface area (Å²) in [5, 5.41) is 3.65. The van der Waals surface area contributed by atoms with Crippen LogP contribution < -0.4 is 19.7 Å². The third-order valence-corrected chi connectivity index (χ3v) is 6.88. The Labute approximate surface area is 201 Å². The molecule has 1 N–H and O–H groups in total. The molecule has 2 aromatic rings. The number of rotatable bonds is 5. The predicted molar refractivity (Wildman–Crippen MR) is 129 cm³/mol. The summed E-state index contributed by atoms with van der Waals surface area (Å²) in [6.07, 6.45) is 0.929. The normalized spacial score (nSPS) is 25.7. The van der Waals surface area contributed by atoms with Gasteiger partial charge in [0, 0.05) is 55.8 Å². The van der Waals surface area contributed by atoms with Crippen LogP contribution in [0.1, 0.15) is 50.4 Å². The Bertz CT molecular complexity index is 1000. The van der Waals surface area contributed by atoms with E-state index in [1.54, 1.807) is 6.07 Å². The first-order chi connectivity index (χ1) is 16.5. The monoisotopic (exact) mass is 470 g/mol. The average molecular weight is 471 g/mol. The van der Waals surface area contributed by atoms with Crippen LogP contribution in [0.4, 0.5) is 10.2 Å². The molecule has 8 heteroatoms. The van der Waals surface area contributed by atoms with E-state index in [4.69, 9.17) is 14.2 Å². The van der Waals surface area contributed by atoms with Crippen LogP contribution in [-0.4, -0.2) is 68.0 Å². The summed E-state index contributed by atoms with van der Waals surface area (Å²) in [6.45, 7) is 11.0. The van der Waals surface area contributed by atoms with Crippen LogP contribution in [0, 0.1) is 5.82 Å². The maximum absolute atomic E-state index is 15.3. The topological polar surface area (TPSA) is 59.1 Å². The van der Waals surface area contributed by atoms with E-state index in [-0.39, 0.29) is 30.0 Å². The van der Waals surface area contributed by atoms with E-state index in [0.29, 0.717) is 38.1 Å². The van der Waals surface area contributed by atoms with Crippen molar-refractivity contribution in [1.82, 2.24) is 15.2 Å². The van der Waals surface area contributed by atoms with Crippen LogP contribution in [0.15, 0.2) is 30.3 Å². The Hall–Kier alpha value is -2.42. The molecule has 3 atom stereocenters. The molecule has 3 aliphatic rings. The molecule has 4 heterocycles. The van der Waals surface area contributed by atoms with Crippen molar-refractivity contribution in [3.8, 4) is 11.6 Å². The van der Waals surface area contributed by atoms with Crippen LogP contribution in [0.5, 0.6) is 11.6 Å². The molecule has 0 bridgehead atoms. The Morgan fingerprint density at radius 3 is 2.85 bits per heavy atom. The Balaban J connectivity index is 1.39. The van der Waals surface area contributed by atoms with Crippen LogP contribution >= 0.6 is 0 Å². The summed E-state index contributed by atoms with van der Waals surface area (Å²) in [4.78, 5) is 9.09. The summed E-state index contributed by atoms with van der Waals surface area (Å²) in [5.41, 5.74) is 2.01. The molecule has 0 radical (unpaired) electrons. The third-order valence-electron chi connectivity index (χ3n) is 6.88. The second kappa shape index (κ2) is 10.1. The summed E-state index contributed by atoms with van der Waals surface area (Å²) >= 11 is 0. The molecule has 5 rings (SSSR count). The van der Waals surface area contributed by atoms with E-state index in [2.05, 4.69) is 27.3 Å². The number of hydrogen-bond acceptors (Lipinski definition) is 7. The molecule has 0 unspecified atom stereocenters. The number of benzene rings is 1. The number of nitrogens with zero attached hydrogens (tertiary/aromatic N) is 3. The largest absolute Gasteiger partial charge is 0.491 e. The lowest BCUT2D eigenvalue weighted by Crippen LogP contribution is -2.48. The number of aromatic nitrogens is 1. The van der Waals surface area contributed by atoms with Crippen molar-refractivity contribution < 1.29 is 18.6 Å². The lowest BCUT2D eigenvalue weighted by atomic mass is 9.97. The first kappa shape index (κ1) is 23.3. The van der Waals surface area contributed by atoms with Gasteiger partial charge in [-0.3, -0.25) is 4.90 Å². The van der Waals surface area contributed by atoms with Crippen LogP contribution in [0.3, 0.4) is 0 Å². The zero-order valence-electron chi connectivity index (χ0n) is 20.3. The Morgan fingerprint density at radius 1 is 1.18 bits per heavy atom. The Morgan fingerprint density at radius 2 is 2.03 bits per heavy atom. The minimum Gasteiger partial charge on any atom is -0.491 e. The number of para-hydroxylation sites is 1. The van der Waals surface area contributed by atoms with Crippen molar-refractivity contribution >= 4 is 5.82 Å². The first-order valence-corrected chi connectivity index (χ1v) is 12.4. The molecular formula is C26H35FN4O3. The second-order valence-corrected chi connectivity index (χ2v) is 9.66. The average Bonchev–Trinajstić information content (AvgIpc) is 2.84. The lowest BCUT2D eigenvalue weighted by molar-refractivity contribution is 0.0964. The van der Waals surface area contributed by atoms with Crippen molar-refractivity contribution in [2.24, 2.45) is 0 Å². The highest BCUT2D eigenvalue weighted by atomic mass is 19.1. The van der Waals surface area contributed by atoms with Crippen LogP contribution in [0.2, 0.25) is 0 Å². The maximum Gasteiger partial charge on any atom is 0.220 e. The van der Waals surface area contributed by atoms with Crippen molar-refractivity contribution in [3.05, 3.63) is 47.3 Å². The molecule has 7 nitrogen and oxygen atoms in total. The number of hydrogen-bond donors (Lipinski definition) is 1. The van der Waals surface area contributed by atoms with Gasteiger partial charge in [0.25, 0.3) is 0 Å². The van der Waals surface area contributed by atoms with Gasteiger partial charge in [0.1, 0.15) is 5.75 Å². The molecule has 0 spiro atoms. The van der Waals surface area contributed by atoms with Gasteiger partial charge in [0.05, 0.1) is 32.0 Å². The smallest absolute Gasteiger partial charge is 0.220 e. The van der Waals surface area contributed by atoms with E-state index in [1.165, 1.54) is 0 Å². The first-order valence-electron chi connectivity index (χ1n) is 12.4. The van der Waals surface area contributed by atoms with Crippen LogP contribution in [0.25, 0.3) is 0 Å². The second-order valence-electron chi connectivity index (χ2n) is 9.66. The predicted octanol–water partition coefficient (Wildman–Crippen LogP) is 3.70. The molecule has 3 aliphatic heterocycles. The van der Waals surface area contributed by atoms with Gasteiger partial charge in [-0.05, 0) is 32.9 Å². The number of nitrogens with one attached hydrogen (secondary N) is 1. The van der Waals surface area contributed by atoms with Crippen molar-refractivity contribution in [1.29, 1.82) is 0 Å². The number of piperazine rings is 1. The standard InChI is InChI=1S/C26H35FN4O3/c1-17(2)34-24-7-5-4-6-19(24)22-15-30(10-9-28-22)23-8-12-33-26-20(23)14-21(27)25(29-26)31-11-13-32-16-18(31)3/h4-7,14,17-18,22-23,28H,8-13,15-16H2,1-3H3/t18-,22-,23+/m0/s1. The number of ether oxygens (including phenoxy) is 3. The van der Waals surface area contributed by atoms with Crippen molar-refractivity contribution in [2.45, 2.75) is 51.4 Å². The van der Waals surface area contributed by atoms with Gasteiger partial charge in [-0.2, -0.15) is 4.98 Å². The third kappa shape index (κ3) is 4.72. The van der Waals surface area contributed by atoms with E-state index in [0.717, 1.165) is 42.9 Å². The quantitative estimate of drug-likeness (QED) is 0.715. The van der Waals surface area contributed by atoms with Crippen LogP contribution in [-0.2, 0) is 4.74 Å². The molecule has 1 aromatic heterocycles. The minimum absolute atomic E-state index is 0.0738. The summed E-state index contributed by atoms with van der Waals surface area (Å²) in [5.74, 6) is 1.56. The molecule has 34 heavy (non-hydrogen) atoms. The molecule has 2 fully saturated rings. The molecule has 184 valence electrons. The lowest BCUT2D eigenvalue weighted by Gasteiger charge is -2.41. The number of anilines is 1. The van der Waals surface area contributed by atoms with E-state index < -0.39 is 0 Å². The zero-order valence-corrected chi connectivity index (χ0v) is 20.3. The summed E-state index contributed by atoms with van der Waals surface area (Å²) < 4.78 is 32.9. The number of pyridine rings is 1. The van der Waals surface area contributed by atoms with E-state index >= 15 is 4.39 Å². The summed E-state index contributed by atoms with van der Waals surface area (Å²) in [6, 6.07) is 10.2. The van der Waals surface area contributed by atoms with E-state index in [1.807, 2.05) is 37.8 Å². The highest BCUT2D eigenvalue weighted by molar-refractivity contribution is 5.48. The highest BCUT2D eigenvalue weighted by Gasteiger charge is 2.35. The fourth-order valence-corrected chi connectivity index (χ4v) is 5.27. The fraction of sp³-hybridized carbons (Fsp3) is 0.577. The van der Waals surface area contributed by atoms with Crippen molar-refractivity contribution in [2.75, 3.05) is 50.9 Å². The molecule has 0 saturated carbocycles. The van der Waals surface area contributed by atoms with Crippen molar-refractivity contribution in [3.63, 3.8) is 0 Å². The molecular weight excluding hydrogens is 435 g/mol. The number of fused-ring (bicyclic) bond motifs is 1. The number of halogens is 1. The highest BCUT2D eigenvalue weighted by Crippen LogP contribution is 2.40. The number of morpholine rings is 1. The Kier molecular flexibility index (Phi) is 6.90. The van der Waals surface area contributed by atoms with Gasteiger partial charge in [0.15, 0.2) is 11.6 Å².